The molecule has 1 aromatic heterocycles. The highest BCUT2D eigenvalue weighted by Gasteiger charge is 2.25. The summed E-state index contributed by atoms with van der Waals surface area (Å²) in [5, 5.41) is 2.39. The Hall–Kier alpha value is -1.03. The molecule has 0 saturated heterocycles. The first-order valence-electron chi connectivity index (χ1n) is 6.67. The monoisotopic (exact) mass is 269 g/mol. The van der Waals surface area contributed by atoms with E-state index in [9.17, 15) is 4.79 Å². The SMILES string of the molecule is CCCn1cncc1C(Cl)C(=O)NC1CCCC1. The Morgan fingerprint density at radius 1 is 1.61 bits per heavy atom. The molecule has 1 heterocycles. The molecule has 1 atom stereocenters. The Kier molecular flexibility index (Phi) is 4.64. The van der Waals surface area contributed by atoms with Gasteiger partial charge in [0.15, 0.2) is 5.38 Å². The number of carbonyl (C=O) groups excluding carboxylic acids is 1. The fourth-order valence-corrected chi connectivity index (χ4v) is 2.69. The summed E-state index contributed by atoms with van der Waals surface area (Å²) in [6.07, 6.45) is 8.96. The van der Waals surface area contributed by atoms with E-state index in [-0.39, 0.29) is 5.91 Å². The molecule has 100 valence electrons. The van der Waals surface area contributed by atoms with Crippen LogP contribution in [0.1, 0.15) is 50.1 Å². The third-order valence-corrected chi connectivity index (χ3v) is 3.82. The number of alkyl halides is 1. The summed E-state index contributed by atoms with van der Waals surface area (Å²) < 4.78 is 1.95. The van der Waals surface area contributed by atoms with Crippen LogP contribution >= 0.6 is 11.6 Å². The Labute approximate surface area is 113 Å². The van der Waals surface area contributed by atoms with Crippen molar-refractivity contribution in [3.63, 3.8) is 0 Å². The lowest BCUT2D eigenvalue weighted by molar-refractivity contribution is -0.121. The zero-order valence-corrected chi connectivity index (χ0v) is 11.5. The van der Waals surface area contributed by atoms with Crippen LogP contribution in [0.4, 0.5) is 0 Å². The normalized spacial score (nSPS) is 17.9. The molecule has 0 spiro atoms. The minimum absolute atomic E-state index is 0.0959. The van der Waals surface area contributed by atoms with Gasteiger partial charge in [-0.25, -0.2) is 4.98 Å². The predicted molar refractivity (Wildman–Crippen MR) is 71.5 cm³/mol. The highest BCUT2D eigenvalue weighted by molar-refractivity contribution is 6.30. The van der Waals surface area contributed by atoms with Crippen LogP contribution in [0.15, 0.2) is 12.5 Å². The van der Waals surface area contributed by atoms with Crippen molar-refractivity contribution >= 4 is 17.5 Å². The molecule has 0 bridgehead atoms. The molecule has 0 radical (unpaired) electrons. The maximum absolute atomic E-state index is 12.1. The van der Waals surface area contributed by atoms with E-state index in [4.69, 9.17) is 11.6 Å². The minimum atomic E-state index is -0.639. The fraction of sp³-hybridized carbons (Fsp3) is 0.692. The van der Waals surface area contributed by atoms with Crippen LogP contribution in [0.2, 0.25) is 0 Å². The van der Waals surface area contributed by atoms with Gasteiger partial charge in [0.05, 0.1) is 18.2 Å². The zero-order valence-electron chi connectivity index (χ0n) is 10.7. The second-order valence-corrected chi connectivity index (χ2v) is 5.30. The Morgan fingerprint density at radius 3 is 3.00 bits per heavy atom. The van der Waals surface area contributed by atoms with Crippen LogP contribution in [-0.2, 0) is 11.3 Å². The van der Waals surface area contributed by atoms with Crippen molar-refractivity contribution in [3.05, 3.63) is 18.2 Å². The van der Waals surface area contributed by atoms with Gasteiger partial charge in [0.2, 0.25) is 5.91 Å². The number of aromatic nitrogens is 2. The van der Waals surface area contributed by atoms with Crippen LogP contribution in [0, 0.1) is 0 Å². The quantitative estimate of drug-likeness (QED) is 0.836. The topological polar surface area (TPSA) is 46.9 Å². The molecule has 1 fully saturated rings. The summed E-state index contributed by atoms with van der Waals surface area (Å²) in [5.41, 5.74) is 0.786. The fourth-order valence-electron chi connectivity index (χ4n) is 2.45. The van der Waals surface area contributed by atoms with Crippen molar-refractivity contribution in [2.24, 2.45) is 0 Å². The summed E-state index contributed by atoms with van der Waals surface area (Å²) in [7, 11) is 0. The molecule has 1 aromatic rings. The van der Waals surface area contributed by atoms with Crippen LogP contribution in [-0.4, -0.2) is 21.5 Å². The average Bonchev–Trinajstić information content (AvgIpc) is 3.00. The van der Waals surface area contributed by atoms with Crippen molar-refractivity contribution in [2.45, 2.75) is 57.0 Å². The number of nitrogens with one attached hydrogen (secondary N) is 1. The van der Waals surface area contributed by atoms with Gasteiger partial charge in [0, 0.05) is 12.6 Å². The molecular formula is C13H20ClN3O. The van der Waals surface area contributed by atoms with E-state index in [0.29, 0.717) is 6.04 Å². The first-order chi connectivity index (χ1) is 8.72. The number of nitrogens with zero attached hydrogens (tertiary/aromatic N) is 2. The number of hydrogen-bond donors (Lipinski definition) is 1. The second kappa shape index (κ2) is 6.23. The molecule has 1 aliphatic carbocycles. The highest BCUT2D eigenvalue weighted by Crippen LogP contribution is 2.23. The minimum Gasteiger partial charge on any atom is -0.352 e. The van der Waals surface area contributed by atoms with Gasteiger partial charge in [0.1, 0.15) is 0 Å². The van der Waals surface area contributed by atoms with Crippen LogP contribution in [0.25, 0.3) is 0 Å². The molecule has 5 heteroatoms. The van der Waals surface area contributed by atoms with Crippen LogP contribution in [0.5, 0.6) is 0 Å². The Balaban J connectivity index is 1.98. The Bertz CT molecular complexity index is 399. The number of hydrogen-bond acceptors (Lipinski definition) is 2. The van der Waals surface area contributed by atoms with Crippen molar-refractivity contribution in [1.29, 1.82) is 0 Å². The van der Waals surface area contributed by atoms with Gasteiger partial charge in [-0.2, -0.15) is 0 Å². The number of halogens is 1. The predicted octanol–water partition coefficient (Wildman–Crippen LogP) is 2.63. The van der Waals surface area contributed by atoms with Gasteiger partial charge in [-0.05, 0) is 19.3 Å². The molecule has 2 rings (SSSR count). The molecule has 1 aliphatic rings. The molecule has 0 aliphatic heterocycles. The maximum Gasteiger partial charge on any atom is 0.244 e. The summed E-state index contributed by atoms with van der Waals surface area (Å²) >= 11 is 6.24. The van der Waals surface area contributed by atoms with Gasteiger partial charge in [-0.1, -0.05) is 19.8 Å². The summed E-state index contributed by atoms with van der Waals surface area (Å²) in [5.74, 6) is -0.0959. The number of rotatable bonds is 5. The van der Waals surface area contributed by atoms with E-state index in [1.165, 1.54) is 12.8 Å². The van der Waals surface area contributed by atoms with E-state index < -0.39 is 5.38 Å². The van der Waals surface area contributed by atoms with E-state index in [1.807, 2.05) is 4.57 Å². The lowest BCUT2D eigenvalue weighted by Gasteiger charge is -2.16. The van der Waals surface area contributed by atoms with Crippen LogP contribution < -0.4 is 5.32 Å². The first-order valence-corrected chi connectivity index (χ1v) is 7.10. The summed E-state index contributed by atoms with van der Waals surface area (Å²) in [6, 6.07) is 0.307. The van der Waals surface area contributed by atoms with Gasteiger partial charge in [-0.15, -0.1) is 11.6 Å². The molecule has 18 heavy (non-hydrogen) atoms. The standard InChI is InChI=1S/C13H20ClN3O/c1-2-7-17-9-15-8-11(17)12(14)13(18)16-10-5-3-4-6-10/h8-10,12H,2-7H2,1H3,(H,16,18). The molecule has 0 aromatic carbocycles. The maximum atomic E-state index is 12.1. The summed E-state index contributed by atoms with van der Waals surface area (Å²) in [4.78, 5) is 16.1. The molecule has 1 amide bonds. The third-order valence-electron chi connectivity index (χ3n) is 3.40. The van der Waals surface area contributed by atoms with Crippen LogP contribution in [0.3, 0.4) is 0 Å². The van der Waals surface area contributed by atoms with Crippen molar-refractivity contribution < 1.29 is 4.79 Å². The van der Waals surface area contributed by atoms with Gasteiger partial charge < -0.3 is 9.88 Å². The molecule has 4 nitrogen and oxygen atoms in total. The van der Waals surface area contributed by atoms with Crippen molar-refractivity contribution in [2.75, 3.05) is 0 Å². The van der Waals surface area contributed by atoms with E-state index >= 15 is 0 Å². The van der Waals surface area contributed by atoms with Crippen molar-refractivity contribution in [1.82, 2.24) is 14.9 Å². The molecule has 1 N–H and O–H groups in total. The number of amides is 1. The Morgan fingerprint density at radius 2 is 2.33 bits per heavy atom. The lowest BCUT2D eigenvalue weighted by atomic mass is 10.2. The van der Waals surface area contributed by atoms with E-state index in [0.717, 1.165) is 31.5 Å². The van der Waals surface area contributed by atoms with Gasteiger partial charge in [-0.3, -0.25) is 4.79 Å². The van der Waals surface area contributed by atoms with Gasteiger partial charge in [0.25, 0.3) is 0 Å². The number of carbonyl (C=O) groups is 1. The van der Waals surface area contributed by atoms with Gasteiger partial charge >= 0.3 is 0 Å². The number of imidazole rings is 1. The third kappa shape index (κ3) is 3.05. The summed E-state index contributed by atoms with van der Waals surface area (Å²) in [6.45, 7) is 2.93. The molecular weight excluding hydrogens is 250 g/mol. The lowest BCUT2D eigenvalue weighted by Crippen LogP contribution is -2.35. The highest BCUT2D eigenvalue weighted by atomic mass is 35.5. The van der Waals surface area contributed by atoms with E-state index in [2.05, 4.69) is 17.2 Å². The number of aryl methyl sites for hydroxylation is 1. The second-order valence-electron chi connectivity index (χ2n) is 4.86. The molecule has 1 unspecified atom stereocenters. The average molecular weight is 270 g/mol. The van der Waals surface area contributed by atoms with E-state index in [1.54, 1.807) is 12.5 Å². The van der Waals surface area contributed by atoms with Crippen molar-refractivity contribution in [3.8, 4) is 0 Å². The first kappa shape index (κ1) is 13.4. The smallest absolute Gasteiger partial charge is 0.244 e. The zero-order chi connectivity index (χ0) is 13.0. The largest absolute Gasteiger partial charge is 0.352 e. The molecule has 1 saturated carbocycles.